The van der Waals surface area contributed by atoms with Crippen molar-refractivity contribution in [1.82, 2.24) is 10.4 Å². The largest absolute Gasteiger partial charge is 0.461 e. The molecule has 2 N–H and O–H groups in total. The van der Waals surface area contributed by atoms with Crippen molar-refractivity contribution in [2.75, 3.05) is 18.2 Å². The number of hydrogen-bond donors (Lipinski definition) is 2. The lowest BCUT2D eigenvalue weighted by Gasteiger charge is -2.27. The molecule has 1 saturated heterocycles. The molecule has 1 aromatic carbocycles. The molecule has 2 heterocycles. The number of nitrogens with one attached hydrogen (secondary N) is 2. The zero-order chi connectivity index (χ0) is 23.4. The molecule has 0 atom stereocenters. The van der Waals surface area contributed by atoms with Crippen LogP contribution in [-0.4, -0.2) is 47.7 Å². The molecular formula is C22H23N3O7. The molecule has 3 rings (SSSR count). The van der Waals surface area contributed by atoms with E-state index in [-0.39, 0.29) is 48.1 Å². The highest BCUT2D eigenvalue weighted by Crippen LogP contribution is 2.21. The number of rotatable bonds is 7. The summed E-state index contributed by atoms with van der Waals surface area (Å²) < 4.78 is 10.1. The van der Waals surface area contributed by atoms with E-state index >= 15 is 0 Å². The lowest BCUT2D eigenvalue weighted by molar-refractivity contribution is -0.130. The molecule has 1 fully saturated rings. The average Bonchev–Trinajstić information content (AvgIpc) is 3.08. The summed E-state index contributed by atoms with van der Waals surface area (Å²) in [6, 6.07) is 5.85. The Hall–Kier alpha value is -3.95. The van der Waals surface area contributed by atoms with E-state index in [4.69, 9.17) is 9.47 Å². The van der Waals surface area contributed by atoms with Crippen LogP contribution in [0, 0.1) is 13.8 Å². The number of aromatic amines is 1. The minimum absolute atomic E-state index is 0.105. The molecule has 0 unspecified atom stereocenters. The fourth-order valence-electron chi connectivity index (χ4n) is 3.39. The van der Waals surface area contributed by atoms with E-state index in [0.29, 0.717) is 16.9 Å². The Balaban J connectivity index is 1.65. The van der Waals surface area contributed by atoms with E-state index in [9.17, 15) is 24.0 Å². The molecule has 10 heteroatoms. The molecule has 0 spiro atoms. The smallest absolute Gasteiger partial charge is 0.355 e. The van der Waals surface area contributed by atoms with Crippen LogP contribution in [0.2, 0.25) is 0 Å². The van der Waals surface area contributed by atoms with Gasteiger partial charge in [-0.1, -0.05) is 0 Å². The lowest BCUT2D eigenvalue weighted by Crippen LogP contribution is -2.50. The zero-order valence-electron chi connectivity index (χ0n) is 17.9. The summed E-state index contributed by atoms with van der Waals surface area (Å²) in [5.41, 5.74) is 4.41. The number of ether oxygens (including phenoxy) is 2. The molecule has 2 aromatic rings. The maximum Gasteiger partial charge on any atom is 0.355 e. The van der Waals surface area contributed by atoms with Crippen LogP contribution in [0.1, 0.15) is 62.2 Å². The number of amides is 2. The van der Waals surface area contributed by atoms with Gasteiger partial charge in [0.15, 0.2) is 6.61 Å². The quantitative estimate of drug-likeness (QED) is 0.496. The number of benzene rings is 1. The highest BCUT2D eigenvalue weighted by molar-refractivity contribution is 6.04. The van der Waals surface area contributed by atoms with E-state index in [1.165, 1.54) is 24.3 Å². The molecular weight excluding hydrogens is 418 g/mol. The van der Waals surface area contributed by atoms with Gasteiger partial charge in [-0.3, -0.25) is 19.8 Å². The van der Waals surface area contributed by atoms with Crippen molar-refractivity contribution in [3.8, 4) is 0 Å². The standard InChI is InChI=1S/C22H23N3O7/c1-4-31-22(30)20-12(2)19(13(3)23-20)16(26)11-32-21(29)14-5-7-15(8-6-14)25-18(28)10-9-17(27)24-25/h5-8,23H,4,9-11H2,1-3H3,(H,24,27). The molecule has 1 aromatic heterocycles. The van der Waals surface area contributed by atoms with Gasteiger partial charge in [-0.2, -0.15) is 0 Å². The monoisotopic (exact) mass is 441 g/mol. The number of anilines is 1. The average molecular weight is 441 g/mol. The van der Waals surface area contributed by atoms with Crippen molar-refractivity contribution in [3.05, 3.63) is 52.3 Å². The van der Waals surface area contributed by atoms with E-state index in [1.54, 1.807) is 20.8 Å². The molecule has 0 aliphatic carbocycles. The summed E-state index contributed by atoms with van der Waals surface area (Å²) in [5.74, 6) is -2.28. The van der Waals surface area contributed by atoms with Crippen molar-refractivity contribution < 1.29 is 33.4 Å². The highest BCUT2D eigenvalue weighted by atomic mass is 16.5. The third kappa shape index (κ3) is 4.69. The van der Waals surface area contributed by atoms with E-state index in [0.717, 1.165) is 5.01 Å². The molecule has 1 aliphatic heterocycles. The fourth-order valence-corrected chi connectivity index (χ4v) is 3.39. The van der Waals surface area contributed by atoms with Crippen LogP contribution in [0.4, 0.5) is 5.69 Å². The van der Waals surface area contributed by atoms with Gasteiger partial charge in [0, 0.05) is 24.1 Å². The molecule has 168 valence electrons. The first-order valence-corrected chi connectivity index (χ1v) is 10.0. The Morgan fingerprint density at radius 2 is 1.69 bits per heavy atom. The molecule has 0 saturated carbocycles. The maximum absolute atomic E-state index is 12.6. The second kappa shape index (κ2) is 9.46. The molecule has 0 bridgehead atoms. The van der Waals surface area contributed by atoms with E-state index in [2.05, 4.69) is 10.4 Å². The number of esters is 2. The van der Waals surface area contributed by atoms with Gasteiger partial charge in [0.1, 0.15) is 5.69 Å². The first-order valence-electron chi connectivity index (χ1n) is 10.0. The summed E-state index contributed by atoms with van der Waals surface area (Å²) in [4.78, 5) is 63.3. The van der Waals surface area contributed by atoms with Crippen LogP contribution in [0.25, 0.3) is 0 Å². The second-order valence-corrected chi connectivity index (χ2v) is 7.16. The first-order chi connectivity index (χ1) is 15.2. The Labute approximate surface area is 183 Å². The molecule has 2 amide bonds. The number of Topliss-reactive ketones (excluding diaryl/α,β-unsaturated/α-hetero) is 1. The predicted molar refractivity (Wildman–Crippen MR) is 112 cm³/mol. The third-order valence-corrected chi connectivity index (χ3v) is 4.94. The Bertz CT molecular complexity index is 1090. The van der Waals surface area contributed by atoms with Crippen molar-refractivity contribution in [2.45, 2.75) is 33.6 Å². The van der Waals surface area contributed by atoms with Crippen LogP contribution in [0.3, 0.4) is 0 Å². The van der Waals surface area contributed by atoms with Crippen molar-refractivity contribution in [2.24, 2.45) is 0 Å². The number of carbonyl (C=O) groups excluding carboxylic acids is 5. The molecule has 10 nitrogen and oxygen atoms in total. The Morgan fingerprint density at radius 1 is 1.00 bits per heavy atom. The second-order valence-electron chi connectivity index (χ2n) is 7.16. The van der Waals surface area contributed by atoms with E-state index < -0.39 is 24.3 Å². The minimum Gasteiger partial charge on any atom is -0.461 e. The Kier molecular flexibility index (Phi) is 6.72. The van der Waals surface area contributed by atoms with Crippen molar-refractivity contribution in [1.29, 1.82) is 0 Å². The SMILES string of the molecule is CCOC(=O)c1[nH]c(C)c(C(=O)COC(=O)c2ccc(N3NC(=O)CCC3=O)cc2)c1C. The third-order valence-electron chi connectivity index (χ3n) is 4.94. The summed E-state index contributed by atoms with van der Waals surface area (Å²) in [6.07, 6.45) is 0.239. The number of hydrogen-bond acceptors (Lipinski definition) is 7. The van der Waals surface area contributed by atoms with Gasteiger partial charge in [-0.25, -0.2) is 14.6 Å². The number of H-pyrrole nitrogens is 1. The van der Waals surface area contributed by atoms with Gasteiger partial charge >= 0.3 is 11.9 Å². The normalized spacial score (nSPS) is 13.5. The summed E-state index contributed by atoms with van der Waals surface area (Å²) in [6.45, 7) is 4.63. The first kappa shape index (κ1) is 22.7. The van der Waals surface area contributed by atoms with Gasteiger partial charge in [-0.05, 0) is 50.6 Å². The number of aryl methyl sites for hydroxylation is 1. The van der Waals surface area contributed by atoms with Gasteiger partial charge in [-0.15, -0.1) is 0 Å². The number of aromatic nitrogens is 1. The number of hydrazine groups is 1. The molecule has 1 aliphatic rings. The van der Waals surface area contributed by atoms with Crippen LogP contribution >= 0.6 is 0 Å². The van der Waals surface area contributed by atoms with Gasteiger partial charge in [0.2, 0.25) is 17.6 Å². The fraction of sp³-hybridized carbons (Fsp3) is 0.318. The summed E-state index contributed by atoms with van der Waals surface area (Å²) >= 11 is 0. The Morgan fingerprint density at radius 3 is 2.34 bits per heavy atom. The van der Waals surface area contributed by atoms with Crippen LogP contribution in [0.5, 0.6) is 0 Å². The summed E-state index contributed by atoms with van der Waals surface area (Å²) in [5, 5.41) is 1.13. The van der Waals surface area contributed by atoms with Crippen LogP contribution in [-0.2, 0) is 19.1 Å². The van der Waals surface area contributed by atoms with Gasteiger partial charge in [0.05, 0.1) is 17.9 Å². The summed E-state index contributed by atoms with van der Waals surface area (Å²) in [7, 11) is 0. The van der Waals surface area contributed by atoms with Crippen molar-refractivity contribution >= 4 is 35.2 Å². The van der Waals surface area contributed by atoms with Gasteiger partial charge < -0.3 is 14.5 Å². The van der Waals surface area contributed by atoms with Crippen LogP contribution < -0.4 is 10.4 Å². The maximum atomic E-state index is 12.6. The number of nitrogens with zero attached hydrogens (tertiary/aromatic N) is 1. The number of carbonyl (C=O) groups is 5. The topological polar surface area (TPSA) is 135 Å². The lowest BCUT2D eigenvalue weighted by atomic mass is 10.1. The van der Waals surface area contributed by atoms with Crippen molar-refractivity contribution in [3.63, 3.8) is 0 Å². The molecule has 32 heavy (non-hydrogen) atoms. The number of ketones is 1. The minimum atomic E-state index is -0.727. The highest BCUT2D eigenvalue weighted by Gasteiger charge is 2.25. The predicted octanol–water partition coefficient (Wildman–Crippen LogP) is 2.01. The van der Waals surface area contributed by atoms with E-state index in [1.807, 2.05) is 0 Å². The molecule has 0 radical (unpaired) electrons. The van der Waals surface area contributed by atoms with Gasteiger partial charge in [0.25, 0.3) is 0 Å². The van der Waals surface area contributed by atoms with Crippen LogP contribution in [0.15, 0.2) is 24.3 Å². The zero-order valence-corrected chi connectivity index (χ0v) is 17.9.